The molecule has 0 unspecified atom stereocenters. The third-order valence-corrected chi connectivity index (χ3v) is 0.839. The van der Waals surface area contributed by atoms with Gasteiger partial charge in [-0.15, -0.1) is 0 Å². The summed E-state index contributed by atoms with van der Waals surface area (Å²) >= 11 is 0. The van der Waals surface area contributed by atoms with Crippen molar-refractivity contribution in [2.75, 3.05) is 13.7 Å². The van der Waals surface area contributed by atoms with Gasteiger partial charge in [0.1, 0.15) is 0 Å². The Hall–Kier alpha value is -1.63. The van der Waals surface area contributed by atoms with Crippen molar-refractivity contribution in [3.63, 3.8) is 0 Å². The number of carbonyl (C=O) groups is 3. The van der Waals surface area contributed by atoms with Crippen molar-refractivity contribution in [3.05, 3.63) is 0 Å². The zero-order chi connectivity index (χ0) is 9.56. The van der Waals surface area contributed by atoms with Crippen LogP contribution in [0.1, 0.15) is 0 Å². The molecule has 0 spiro atoms. The first-order valence-corrected chi connectivity index (χ1v) is 2.99. The number of ether oxygens (including phenoxy) is 1. The number of hydrogen-bond acceptors (Lipinski definition) is 5. The van der Waals surface area contributed by atoms with Crippen LogP contribution in [0.15, 0.2) is 0 Å². The molecule has 7 heteroatoms. The van der Waals surface area contributed by atoms with Crippen molar-refractivity contribution in [3.8, 4) is 0 Å². The summed E-state index contributed by atoms with van der Waals surface area (Å²) in [7, 11) is 1.09. The van der Waals surface area contributed by atoms with E-state index in [1.165, 1.54) is 0 Å². The van der Waals surface area contributed by atoms with E-state index in [0.29, 0.717) is 0 Å². The molecule has 0 saturated heterocycles. The summed E-state index contributed by atoms with van der Waals surface area (Å²) < 4.78 is 4.08. The van der Waals surface area contributed by atoms with Crippen LogP contribution in [-0.2, 0) is 9.53 Å². The lowest BCUT2D eigenvalue weighted by atomic mass is 10.6. The van der Waals surface area contributed by atoms with Crippen LogP contribution < -0.4 is 16.4 Å². The molecular formula is C5H9N3O4. The molecule has 0 aliphatic rings. The first-order valence-electron chi connectivity index (χ1n) is 2.99. The number of hydrogen-bond donors (Lipinski definition) is 3. The van der Waals surface area contributed by atoms with E-state index in [4.69, 9.17) is 5.73 Å². The van der Waals surface area contributed by atoms with Crippen molar-refractivity contribution < 1.29 is 19.1 Å². The highest BCUT2D eigenvalue weighted by atomic mass is 16.5. The second kappa shape index (κ2) is 5.08. The fraction of sp³-hybridized carbons (Fsp3) is 0.400. The first kappa shape index (κ1) is 10.4. The van der Waals surface area contributed by atoms with Crippen LogP contribution in [0.4, 0.5) is 9.59 Å². The number of carbonyl (C=O) groups excluding carboxylic acids is 3. The van der Waals surface area contributed by atoms with E-state index in [-0.39, 0.29) is 6.54 Å². The molecule has 0 aromatic heterocycles. The van der Waals surface area contributed by atoms with Gasteiger partial charge in [0, 0.05) is 0 Å². The summed E-state index contributed by atoms with van der Waals surface area (Å²) in [6, 6.07) is -0.961. The molecule has 7 nitrogen and oxygen atoms in total. The van der Waals surface area contributed by atoms with Crippen LogP contribution in [0.3, 0.4) is 0 Å². The molecule has 0 saturated carbocycles. The average Bonchev–Trinajstić information content (AvgIpc) is 2.03. The van der Waals surface area contributed by atoms with E-state index in [0.717, 1.165) is 7.11 Å². The minimum atomic E-state index is -0.961. The quantitative estimate of drug-likeness (QED) is 0.451. The highest BCUT2D eigenvalue weighted by molar-refractivity contribution is 6.00. The Morgan fingerprint density at radius 3 is 2.33 bits per heavy atom. The summed E-state index contributed by atoms with van der Waals surface area (Å²) in [5.74, 6) is -0.684. The Morgan fingerprint density at radius 1 is 1.33 bits per heavy atom. The third kappa shape index (κ3) is 4.23. The van der Waals surface area contributed by atoms with Gasteiger partial charge in [-0.3, -0.25) is 10.1 Å². The minimum absolute atomic E-state index is 0.325. The summed E-state index contributed by atoms with van der Waals surface area (Å²) in [5.41, 5.74) is 4.88. The maximum Gasteiger partial charge on any atom is 0.415 e. The summed E-state index contributed by atoms with van der Waals surface area (Å²) in [4.78, 5) is 31.4. The number of nitrogens with two attached hydrogens (primary N) is 1. The number of rotatable bonds is 1. The summed E-state index contributed by atoms with van der Waals surface area (Å²) in [5, 5.41) is 3.49. The van der Waals surface area contributed by atoms with Crippen LogP contribution in [0.2, 0.25) is 0 Å². The van der Waals surface area contributed by atoms with Gasteiger partial charge in [0.05, 0.1) is 13.7 Å². The lowest BCUT2D eigenvalue weighted by Crippen LogP contribution is -2.44. The van der Waals surface area contributed by atoms with Gasteiger partial charge in [0.2, 0.25) is 5.91 Å². The van der Waals surface area contributed by atoms with Crippen LogP contribution in [0.25, 0.3) is 0 Å². The fourth-order valence-electron chi connectivity index (χ4n) is 0.353. The number of nitrogens with one attached hydrogen (secondary N) is 2. The standard InChI is InChI=1S/C5H9N3O4/c1-12-5(11)8-4(10)7-3(9)2-6/h2,6H2,1H3,(H2,7,8,9,10,11). The number of methoxy groups -OCH3 is 1. The highest BCUT2D eigenvalue weighted by Gasteiger charge is 2.08. The number of amides is 4. The van der Waals surface area contributed by atoms with Crippen molar-refractivity contribution in [1.29, 1.82) is 0 Å². The Kier molecular flexibility index (Phi) is 4.39. The molecule has 0 fully saturated rings. The van der Waals surface area contributed by atoms with Gasteiger partial charge in [-0.25, -0.2) is 14.9 Å². The maximum absolute atomic E-state index is 10.6. The van der Waals surface area contributed by atoms with Gasteiger partial charge in [0.15, 0.2) is 0 Å². The van der Waals surface area contributed by atoms with E-state index in [9.17, 15) is 14.4 Å². The topological polar surface area (TPSA) is 111 Å². The predicted molar refractivity (Wildman–Crippen MR) is 38.1 cm³/mol. The van der Waals surface area contributed by atoms with E-state index in [1.54, 1.807) is 10.6 Å². The normalized spacial score (nSPS) is 8.50. The highest BCUT2D eigenvalue weighted by Crippen LogP contribution is 1.71. The molecule has 4 N–H and O–H groups in total. The molecule has 0 atom stereocenters. The number of imide groups is 2. The van der Waals surface area contributed by atoms with Gasteiger partial charge in [-0.1, -0.05) is 0 Å². The van der Waals surface area contributed by atoms with Gasteiger partial charge in [-0.05, 0) is 0 Å². The Balaban J connectivity index is 3.74. The molecule has 0 aromatic rings. The molecule has 0 aromatic carbocycles. The van der Waals surface area contributed by atoms with Gasteiger partial charge >= 0.3 is 12.1 Å². The lowest BCUT2D eigenvalue weighted by Gasteiger charge is -2.02. The average molecular weight is 175 g/mol. The molecule has 68 valence electrons. The summed E-state index contributed by atoms with van der Waals surface area (Å²) in [6.07, 6.45) is -0.947. The Morgan fingerprint density at radius 2 is 1.92 bits per heavy atom. The monoisotopic (exact) mass is 175 g/mol. The molecule has 0 rings (SSSR count). The second-order valence-electron chi connectivity index (χ2n) is 1.70. The van der Waals surface area contributed by atoms with Crippen LogP contribution in [0, 0.1) is 0 Å². The largest absolute Gasteiger partial charge is 0.453 e. The molecule has 12 heavy (non-hydrogen) atoms. The van der Waals surface area contributed by atoms with Crippen molar-refractivity contribution in [2.24, 2.45) is 5.73 Å². The zero-order valence-electron chi connectivity index (χ0n) is 6.42. The molecule has 0 aliphatic heterocycles. The first-order chi connectivity index (χ1) is 5.60. The summed E-state index contributed by atoms with van der Waals surface area (Å²) in [6.45, 7) is -0.325. The van der Waals surface area contributed by atoms with E-state index in [1.807, 2.05) is 0 Å². The van der Waals surface area contributed by atoms with Crippen molar-refractivity contribution in [1.82, 2.24) is 10.6 Å². The minimum Gasteiger partial charge on any atom is -0.453 e. The third-order valence-electron chi connectivity index (χ3n) is 0.839. The van der Waals surface area contributed by atoms with Crippen LogP contribution >= 0.6 is 0 Å². The van der Waals surface area contributed by atoms with Gasteiger partial charge < -0.3 is 10.5 Å². The van der Waals surface area contributed by atoms with E-state index in [2.05, 4.69) is 4.74 Å². The molecule has 0 bridgehead atoms. The molecular weight excluding hydrogens is 166 g/mol. The number of alkyl carbamates (subject to hydrolysis) is 1. The molecule has 4 amide bonds. The van der Waals surface area contributed by atoms with Gasteiger partial charge in [0.25, 0.3) is 0 Å². The van der Waals surface area contributed by atoms with Crippen molar-refractivity contribution in [2.45, 2.75) is 0 Å². The predicted octanol–water partition coefficient (Wildman–Crippen LogP) is -1.46. The SMILES string of the molecule is COC(=O)NC(=O)NC(=O)CN. The van der Waals surface area contributed by atoms with E-state index >= 15 is 0 Å². The molecule has 0 aliphatic carbocycles. The lowest BCUT2D eigenvalue weighted by molar-refractivity contribution is -0.118. The zero-order valence-corrected chi connectivity index (χ0v) is 6.42. The Bertz CT molecular complexity index is 183. The van der Waals surface area contributed by atoms with Gasteiger partial charge in [-0.2, -0.15) is 0 Å². The van der Waals surface area contributed by atoms with Crippen LogP contribution in [-0.4, -0.2) is 31.7 Å². The Labute approximate surface area is 68.2 Å². The van der Waals surface area contributed by atoms with Crippen LogP contribution in [0.5, 0.6) is 0 Å². The fourth-order valence-corrected chi connectivity index (χ4v) is 0.353. The van der Waals surface area contributed by atoms with E-state index < -0.39 is 18.0 Å². The number of urea groups is 1. The van der Waals surface area contributed by atoms with Crippen molar-refractivity contribution >= 4 is 18.0 Å². The molecule has 0 heterocycles. The maximum atomic E-state index is 10.6. The molecule has 0 radical (unpaired) electrons. The smallest absolute Gasteiger partial charge is 0.415 e. The second-order valence-corrected chi connectivity index (χ2v) is 1.70.